The molecular formula is C14H9N4O4S-. The third kappa shape index (κ3) is 4.01. The van der Waals surface area contributed by atoms with Gasteiger partial charge in [0.15, 0.2) is 5.71 Å². The molecule has 1 unspecified atom stereocenters. The van der Waals surface area contributed by atoms with E-state index < -0.39 is 16.2 Å². The summed E-state index contributed by atoms with van der Waals surface area (Å²) in [5, 5.41) is 10.7. The third-order valence-electron chi connectivity index (χ3n) is 2.89. The van der Waals surface area contributed by atoms with Gasteiger partial charge in [-0.2, -0.15) is 9.19 Å². The van der Waals surface area contributed by atoms with E-state index in [1.807, 2.05) is 0 Å². The van der Waals surface area contributed by atoms with Crippen LogP contribution in [0.1, 0.15) is 11.1 Å². The molecule has 0 aliphatic heterocycles. The average Bonchev–Trinajstić information content (AvgIpc) is 2.55. The molecule has 0 radical (unpaired) electrons. The number of hydrogen-bond donors (Lipinski definition) is 0. The van der Waals surface area contributed by atoms with Crippen LogP contribution in [0.25, 0.3) is 5.53 Å². The van der Waals surface area contributed by atoms with Crippen LogP contribution in [0.15, 0.2) is 59.0 Å². The van der Waals surface area contributed by atoms with Gasteiger partial charge in [0.1, 0.15) is 0 Å². The summed E-state index contributed by atoms with van der Waals surface area (Å²) in [4.78, 5) is 13.2. The lowest BCUT2D eigenvalue weighted by atomic mass is 10.00. The first-order valence-electron chi connectivity index (χ1n) is 6.23. The molecular weight excluding hydrogens is 320 g/mol. The van der Waals surface area contributed by atoms with Crippen LogP contribution in [0.3, 0.4) is 0 Å². The molecule has 2 aromatic rings. The molecule has 0 bridgehead atoms. The van der Waals surface area contributed by atoms with Crippen molar-refractivity contribution in [2.24, 2.45) is 4.40 Å². The van der Waals surface area contributed by atoms with E-state index in [4.69, 9.17) is 0 Å². The van der Waals surface area contributed by atoms with Crippen LogP contribution in [0, 0.1) is 10.1 Å². The zero-order valence-corrected chi connectivity index (χ0v) is 12.3. The summed E-state index contributed by atoms with van der Waals surface area (Å²) >= 11 is -2.77. The van der Waals surface area contributed by atoms with E-state index in [9.17, 15) is 24.4 Å². The van der Waals surface area contributed by atoms with Gasteiger partial charge in [-0.25, -0.2) is 0 Å². The maximum Gasteiger partial charge on any atom is 0.349 e. The first kappa shape index (κ1) is 16.4. The van der Waals surface area contributed by atoms with E-state index in [1.165, 1.54) is 24.3 Å². The Hall–Kier alpha value is -3.00. The Bertz CT molecular complexity index is 828. The number of non-ortho nitro benzene ring substituents is 1. The molecule has 0 saturated carbocycles. The lowest BCUT2D eigenvalue weighted by Crippen LogP contribution is -2.19. The normalized spacial score (nSPS) is 12.3. The summed E-state index contributed by atoms with van der Waals surface area (Å²) in [5.74, 6) is 0. The molecule has 0 spiro atoms. The molecule has 0 fully saturated rings. The predicted octanol–water partition coefficient (Wildman–Crippen LogP) is 1.90. The molecule has 8 nitrogen and oxygen atoms in total. The van der Waals surface area contributed by atoms with Crippen molar-refractivity contribution in [2.75, 3.05) is 0 Å². The van der Waals surface area contributed by atoms with Gasteiger partial charge in [0.05, 0.1) is 21.8 Å². The highest BCUT2D eigenvalue weighted by Gasteiger charge is 2.23. The Labute approximate surface area is 133 Å². The Balaban J connectivity index is 2.54. The lowest BCUT2D eigenvalue weighted by Gasteiger charge is -2.05. The van der Waals surface area contributed by atoms with E-state index >= 15 is 0 Å². The lowest BCUT2D eigenvalue weighted by molar-refractivity contribution is -0.384. The third-order valence-corrected chi connectivity index (χ3v) is 3.22. The molecule has 0 heterocycles. The quantitative estimate of drug-likeness (QED) is 0.207. The Morgan fingerprint density at radius 2 is 1.70 bits per heavy atom. The zero-order chi connectivity index (χ0) is 16.8. The summed E-state index contributed by atoms with van der Waals surface area (Å²) in [5.41, 5.74) is 9.65. The minimum atomic E-state index is -2.77. The van der Waals surface area contributed by atoms with Gasteiger partial charge in [-0.05, 0) is 12.1 Å². The second-order valence-electron chi connectivity index (χ2n) is 4.28. The van der Waals surface area contributed by atoms with Crippen LogP contribution < -0.4 is 0 Å². The molecule has 0 amide bonds. The van der Waals surface area contributed by atoms with Crippen LogP contribution >= 0.6 is 0 Å². The van der Waals surface area contributed by atoms with Crippen LogP contribution in [0.5, 0.6) is 0 Å². The minimum absolute atomic E-state index is 0.0738. The maximum atomic E-state index is 11.0. The van der Waals surface area contributed by atoms with Crippen LogP contribution in [-0.4, -0.2) is 29.9 Å². The topological polar surface area (TPSA) is 132 Å². The van der Waals surface area contributed by atoms with Gasteiger partial charge in [0.25, 0.3) is 5.69 Å². The maximum absolute atomic E-state index is 11.0. The molecule has 116 valence electrons. The van der Waals surface area contributed by atoms with Crippen molar-refractivity contribution in [3.63, 3.8) is 0 Å². The summed E-state index contributed by atoms with van der Waals surface area (Å²) in [6.07, 6.45) is 0. The van der Waals surface area contributed by atoms with Crippen molar-refractivity contribution < 1.29 is 18.5 Å². The molecule has 1 atom stereocenters. The molecule has 9 heteroatoms. The van der Waals surface area contributed by atoms with E-state index in [1.54, 1.807) is 30.3 Å². The van der Waals surface area contributed by atoms with Crippen molar-refractivity contribution in [2.45, 2.75) is 0 Å². The molecule has 2 rings (SSSR count). The van der Waals surface area contributed by atoms with Gasteiger partial charge >= 0.3 is 5.71 Å². The van der Waals surface area contributed by atoms with Crippen molar-refractivity contribution in [1.29, 1.82) is 0 Å². The van der Waals surface area contributed by atoms with Crippen molar-refractivity contribution in [3.8, 4) is 0 Å². The molecule has 0 aliphatic rings. The Morgan fingerprint density at radius 1 is 1.09 bits per heavy atom. The highest BCUT2D eigenvalue weighted by atomic mass is 32.2. The number of nitro benzene ring substituents is 1. The van der Waals surface area contributed by atoms with Gasteiger partial charge in [-0.15, -0.1) is 0 Å². The van der Waals surface area contributed by atoms with Crippen molar-refractivity contribution in [1.82, 2.24) is 0 Å². The number of benzene rings is 2. The van der Waals surface area contributed by atoms with Gasteiger partial charge in [0.2, 0.25) is 0 Å². The smallest absolute Gasteiger partial charge is 0.349 e. The standard InChI is InChI=1S/C14H10N4O4S/c15-16-13(11-6-8-12(9-7-11)18(19)20)14(17-23(21)22)10-4-2-1-3-5-10/h1-9H,(H,21,22)/p-1/b17-14+. The first-order chi connectivity index (χ1) is 11.0. The SMILES string of the molecule is [N-]=[N+]=C(/C(=N/S(=O)[O-])c1ccccc1)c1ccc([N+](=O)[O-])cc1. The fourth-order valence-electron chi connectivity index (χ4n) is 1.89. The summed E-state index contributed by atoms with van der Waals surface area (Å²) < 4.78 is 25.4. The van der Waals surface area contributed by atoms with Gasteiger partial charge in [-0.1, -0.05) is 30.3 Å². The van der Waals surface area contributed by atoms with Crippen LogP contribution in [0.2, 0.25) is 0 Å². The molecule has 0 saturated heterocycles. The highest BCUT2D eigenvalue weighted by Crippen LogP contribution is 2.15. The number of nitro groups is 1. The van der Waals surface area contributed by atoms with Gasteiger partial charge < -0.3 is 10.1 Å². The first-order valence-corrected chi connectivity index (χ1v) is 7.27. The van der Waals surface area contributed by atoms with E-state index in [0.29, 0.717) is 5.56 Å². The van der Waals surface area contributed by atoms with Crippen LogP contribution in [-0.2, 0) is 11.3 Å². The largest absolute Gasteiger partial charge is 0.754 e. The van der Waals surface area contributed by atoms with Crippen LogP contribution in [0.4, 0.5) is 5.69 Å². The fourth-order valence-corrected chi connectivity index (χ4v) is 2.23. The van der Waals surface area contributed by atoms with Gasteiger partial charge in [-0.3, -0.25) is 14.3 Å². The van der Waals surface area contributed by atoms with Gasteiger partial charge in [0, 0.05) is 17.7 Å². The summed E-state index contributed by atoms with van der Waals surface area (Å²) in [7, 11) is 0. The molecule has 0 N–H and O–H groups in total. The number of rotatable bonds is 5. The highest BCUT2D eigenvalue weighted by molar-refractivity contribution is 7.78. The molecule has 23 heavy (non-hydrogen) atoms. The van der Waals surface area contributed by atoms with E-state index in [2.05, 4.69) is 9.19 Å². The molecule has 0 aromatic heterocycles. The second-order valence-corrected chi connectivity index (χ2v) is 4.89. The number of nitrogens with zero attached hydrogens (tertiary/aromatic N) is 4. The average molecular weight is 329 g/mol. The summed E-state index contributed by atoms with van der Waals surface area (Å²) in [6.45, 7) is 0. The zero-order valence-electron chi connectivity index (χ0n) is 11.5. The minimum Gasteiger partial charge on any atom is -0.754 e. The molecule has 2 aromatic carbocycles. The van der Waals surface area contributed by atoms with E-state index in [0.717, 1.165) is 0 Å². The van der Waals surface area contributed by atoms with Crippen molar-refractivity contribution >= 4 is 28.4 Å². The Kier molecular flexibility index (Phi) is 5.21. The predicted molar refractivity (Wildman–Crippen MR) is 82.7 cm³/mol. The van der Waals surface area contributed by atoms with E-state index in [-0.39, 0.29) is 22.7 Å². The fraction of sp³-hybridized carbons (Fsp3) is 0. The number of hydrogen-bond acceptors (Lipinski definition) is 4. The summed E-state index contributed by atoms with van der Waals surface area (Å²) in [6, 6.07) is 13.4. The van der Waals surface area contributed by atoms with Crippen molar-refractivity contribution in [3.05, 3.63) is 81.4 Å². The second kappa shape index (κ2) is 7.32. The monoisotopic (exact) mass is 329 g/mol. The molecule has 0 aliphatic carbocycles. The Morgan fingerprint density at radius 3 is 2.17 bits per heavy atom.